The van der Waals surface area contributed by atoms with Crippen LogP contribution in [-0.2, 0) is 6.42 Å². The van der Waals surface area contributed by atoms with Crippen LogP contribution in [0.1, 0.15) is 32.8 Å². The summed E-state index contributed by atoms with van der Waals surface area (Å²) in [6.45, 7) is 9.66. The van der Waals surface area contributed by atoms with Gasteiger partial charge in [-0.2, -0.15) is 0 Å². The Kier molecular flexibility index (Phi) is 7.36. The Morgan fingerprint density at radius 3 is 2.29 bits per heavy atom. The van der Waals surface area contributed by atoms with Crippen LogP contribution in [0.3, 0.4) is 0 Å². The minimum absolute atomic E-state index is 0.0556. The van der Waals surface area contributed by atoms with Crippen molar-refractivity contribution < 1.29 is 0 Å². The van der Waals surface area contributed by atoms with E-state index in [0.29, 0.717) is 12.6 Å². The van der Waals surface area contributed by atoms with Crippen LogP contribution in [0.15, 0.2) is 30.3 Å². The van der Waals surface area contributed by atoms with Crippen molar-refractivity contribution in [2.24, 2.45) is 5.73 Å². The van der Waals surface area contributed by atoms with Crippen LogP contribution in [0.25, 0.3) is 0 Å². The van der Waals surface area contributed by atoms with E-state index in [1.54, 1.807) is 0 Å². The molecule has 1 rings (SSSR count). The molecule has 1 aromatic carbocycles. The smallest absolute Gasteiger partial charge is 0.0310 e. The van der Waals surface area contributed by atoms with E-state index in [0.717, 1.165) is 25.9 Å². The summed E-state index contributed by atoms with van der Waals surface area (Å²) in [5.74, 6) is 0. The first-order chi connectivity index (χ1) is 9.92. The third-order valence-electron chi connectivity index (χ3n) is 4.43. The second-order valence-electron chi connectivity index (χ2n) is 6.58. The maximum atomic E-state index is 6.16. The zero-order valence-electron chi connectivity index (χ0n) is 14.5. The Morgan fingerprint density at radius 2 is 1.81 bits per heavy atom. The van der Waals surface area contributed by atoms with Crippen LogP contribution in [0.4, 0.5) is 0 Å². The molecule has 0 bridgehead atoms. The summed E-state index contributed by atoms with van der Waals surface area (Å²) < 4.78 is 0. The van der Waals surface area contributed by atoms with Crippen molar-refractivity contribution >= 4 is 0 Å². The van der Waals surface area contributed by atoms with Crippen LogP contribution in [0.2, 0.25) is 0 Å². The lowest BCUT2D eigenvalue weighted by Crippen LogP contribution is -2.57. The zero-order chi connectivity index (χ0) is 15.9. The molecule has 2 atom stereocenters. The lowest BCUT2D eigenvalue weighted by molar-refractivity contribution is 0.0550. The molecule has 2 N–H and O–H groups in total. The molecule has 1 aromatic rings. The predicted octanol–water partition coefficient (Wildman–Crippen LogP) is 2.61. The highest BCUT2D eigenvalue weighted by atomic mass is 15.3. The highest BCUT2D eigenvalue weighted by molar-refractivity contribution is 5.15. The molecule has 3 nitrogen and oxygen atoms in total. The number of nitrogens with zero attached hydrogens (tertiary/aromatic N) is 2. The van der Waals surface area contributed by atoms with Crippen molar-refractivity contribution in [2.45, 2.75) is 45.2 Å². The van der Waals surface area contributed by atoms with Crippen molar-refractivity contribution in [3.05, 3.63) is 35.9 Å². The Labute approximate surface area is 131 Å². The fraction of sp³-hybridized carbons (Fsp3) is 0.667. The lowest BCUT2D eigenvalue weighted by atomic mass is 9.90. The summed E-state index contributed by atoms with van der Waals surface area (Å²) in [7, 11) is 4.27. The summed E-state index contributed by atoms with van der Waals surface area (Å²) in [5, 5.41) is 0. The van der Waals surface area contributed by atoms with Crippen LogP contribution in [0.5, 0.6) is 0 Å². The van der Waals surface area contributed by atoms with Crippen LogP contribution >= 0.6 is 0 Å². The molecule has 0 fully saturated rings. The molecular formula is C18H33N3. The van der Waals surface area contributed by atoms with Gasteiger partial charge in [-0.3, -0.25) is 4.90 Å². The van der Waals surface area contributed by atoms with Gasteiger partial charge in [0.25, 0.3) is 0 Å². The molecule has 0 aliphatic carbocycles. The van der Waals surface area contributed by atoms with Crippen LogP contribution in [0, 0.1) is 0 Å². The number of hydrogen-bond acceptors (Lipinski definition) is 3. The summed E-state index contributed by atoms with van der Waals surface area (Å²) >= 11 is 0. The standard InChI is InChI=1S/C18H33N3/c1-6-21(16(2)14-20(4)5)18(3,15-19)13-12-17-10-8-7-9-11-17/h7-11,16H,6,12-15,19H2,1-5H3. The number of hydrogen-bond donors (Lipinski definition) is 1. The predicted molar refractivity (Wildman–Crippen MR) is 92.6 cm³/mol. The van der Waals surface area contributed by atoms with Crippen molar-refractivity contribution in [3.8, 4) is 0 Å². The molecule has 0 heterocycles. The molecule has 0 amide bonds. The molecule has 0 saturated carbocycles. The first kappa shape index (κ1) is 18.1. The Balaban J connectivity index is 2.75. The van der Waals surface area contributed by atoms with Gasteiger partial charge in [0.2, 0.25) is 0 Å². The minimum Gasteiger partial charge on any atom is -0.329 e. The summed E-state index contributed by atoms with van der Waals surface area (Å²) in [6, 6.07) is 11.2. The SMILES string of the molecule is CCN(C(C)CN(C)C)C(C)(CN)CCc1ccccc1. The van der Waals surface area contributed by atoms with E-state index in [4.69, 9.17) is 5.73 Å². The first-order valence-corrected chi connectivity index (χ1v) is 8.08. The number of benzene rings is 1. The van der Waals surface area contributed by atoms with Gasteiger partial charge in [0.15, 0.2) is 0 Å². The van der Waals surface area contributed by atoms with E-state index in [1.807, 2.05) is 0 Å². The molecule has 0 aliphatic rings. The topological polar surface area (TPSA) is 32.5 Å². The Morgan fingerprint density at radius 1 is 1.19 bits per heavy atom. The van der Waals surface area contributed by atoms with Gasteiger partial charge in [-0.1, -0.05) is 37.3 Å². The minimum atomic E-state index is 0.0556. The lowest BCUT2D eigenvalue weighted by Gasteiger charge is -2.45. The molecule has 0 aromatic heterocycles. The van der Waals surface area contributed by atoms with Gasteiger partial charge in [-0.05, 0) is 52.9 Å². The van der Waals surface area contributed by atoms with Crippen LogP contribution in [-0.4, -0.2) is 55.1 Å². The van der Waals surface area contributed by atoms with E-state index in [9.17, 15) is 0 Å². The maximum Gasteiger partial charge on any atom is 0.0310 e. The van der Waals surface area contributed by atoms with Crippen LogP contribution < -0.4 is 5.73 Å². The fourth-order valence-corrected chi connectivity index (χ4v) is 3.27. The zero-order valence-corrected chi connectivity index (χ0v) is 14.5. The van der Waals surface area contributed by atoms with Crippen molar-refractivity contribution in [1.82, 2.24) is 9.80 Å². The number of likely N-dealkylation sites (N-methyl/N-ethyl adjacent to an activating group) is 2. The molecule has 120 valence electrons. The Bertz CT molecular complexity index is 391. The summed E-state index contributed by atoms with van der Waals surface area (Å²) in [4.78, 5) is 4.82. The van der Waals surface area contributed by atoms with E-state index in [1.165, 1.54) is 5.56 Å². The average Bonchev–Trinajstić information content (AvgIpc) is 2.46. The number of rotatable bonds is 9. The van der Waals surface area contributed by atoms with E-state index >= 15 is 0 Å². The second kappa shape index (κ2) is 8.52. The van der Waals surface area contributed by atoms with E-state index in [2.05, 4.69) is 75.0 Å². The molecular weight excluding hydrogens is 258 g/mol. The monoisotopic (exact) mass is 291 g/mol. The first-order valence-electron chi connectivity index (χ1n) is 8.08. The summed E-state index contributed by atoms with van der Waals surface area (Å²) in [5.41, 5.74) is 7.61. The van der Waals surface area contributed by atoms with Gasteiger partial charge in [0.1, 0.15) is 0 Å². The van der Waals surface area contributed by atoms with Crippen molar-refractivity contribution in [1.29, 1.82) is 0 Å². The highest BCUT2D eigenvalue weighted by Crippen LogP contribution is 2.23. The van der Waals surface area contributed by atoms with Crippen molar-refractivity contribution in [2.75, 3.05) is 33.7 Å². The van der Waals surface area contributed by atoms with Crippen molar-refractivity contribution in [3.63, 3.8) is 0 Å². The average molecular weight is 291 g/mol. The normalized spacial score (nSPS) is 16.2. The molecule has 21 heavy (non-hydrogen) atoms. The molecule has 0 radical (unpaired) electrons. The third-order valence-corrected chi connectivity index (χ3v) is 4.43. The quantitative estimate of drug-likeness (QED) is 0.759. The highest BCUT2D eigenvalue weighted by Gasteiger charge is 2.32. The molecule has 0 aliphatic heterocycles. The van der Waals surface area contributed by atoms with E-state index in [-0.39, 0.29) is 5.54 Å². The molecule has 0 spiro atoms. The maximum absolute atomic E-state index is 6.16. The van der Waals surface area contributed by atoms with Gasteiger partial charge < -0.3 is 10.6 Å². The fourth-order valence-electron chi connectivity index (χ4n) is 3.27. The van der Waals surface area contributed by atoms with Gasteiger partial charge in [-0.25, -0.2) is 0 Å². The second-order valence-corrected chi connectivity index (χ2v) is 6.58. The molecule has 2 unspecified atom stereocenters. The summed E-state index contributed by atoms with van der Waals surface area (Å²) in [6.07, 6.45) is 2.18. The number of aryl methyl sites for hydroxylation is 1. The largest absolute Gasteiger partial charge is 0.329 e. The molecule has 0 saturated heterocycles. The van der Waals surface area contributed by atoms with Gasteiger partial charge in [0, 0.05) is 24.7 Å². The Hall–Kier alpha value is -0.900. The third kappa shape index (κ3) is 5.42. The van der Waals surface area contributed by atoms with Gasteiger partial charge in [0.05, 0.1) is 0 Å². The molecule has 3 heteroatoms. The van der Waals surface area contributed by atoms with E-state index < -0.39 is 0 Å². The van der Waals surface area contributed by atoms with Gasteiger partial charge >= 0.3 is 0 Å². The number of nitrogens with two attached hydrogens (primary N) is 1. The van der Waals surface area contributed by atoms with Gasteiger partial charge in [-0.15, -0.1) is 0 Å².